The first kappa shape index (κ1) is 17.3. The molecular formula is C18H23N3O4. The minimum atomic E-state index is -0.0896. The van der Waals surface area contributed by atoms with Gasteiger partial charge in [0.1, 0.15) is 5.76 Å². The maximum atomic E-state index is 12.2. The highest BCUT2D eigenvalue weighted by atomic mass is 16.5. The van der Waals surface area contributed by atoms with Crippen molar-refractivity contribution in [1.82, 2.24) is 15.4 Å². The van der Waals surface area contributed by atoms with E-state index in [2.05, 4.69) is 10.5 Å². The molecule has 0 aromatic carbocycles. The van der Waals surface area contributed by atoms with E-state index in [1.807, 2.05) is 13.8 Å². The molecule has 2 aromatic heterocycles. The quantitative estimate of drug-likeness (QED) is 0.898. The molecule has 134 valence electrons. The molecule has 3 heterocycles. The molecule has 1 aliphatic rings. The number of carbonyl (C=O) groups excluding carboxylic acids is 2. The van der Waals surface area contributed by atoms with E-state index in [4.69, 9.17) is 8.94 Å². The van der Waals surface area contributed by atoms with Crippen LogP contribution < -0.4 is 5.32 Å². The van der Waals surface area contributed by atoms with Gasteiger partial charge in [-0.25, -0.2) is 0 Å². The Kier molecular flexibility index (Phi) is 5.21. The lowest BCUT2D eigenvalue weighted by molar-refractivity contribution is -0.122. The summed E-state index contributed by atoms with van der Waals surface area (Å²) in [5.74, 6) is 1.07. The molecule has 0 bridgehead atoms. The summed E-state index contributed by atoms with van der Waals surface area (Å²) in [4.78, 5) is 26.2. The van der Waals surface area contributed by atoms with Crippen LogP contribution in [0, 0.1) is 13.8 Å². The number of hydrogen-bond donors (Lipinski definition) is 1. The average Bonchev–Trinajstić information content (AvgIpc) is 3.24. The molecule has 7 nitrogen and oxygen atoms in total. The van der Waals surface area contributed by atoms with Crippen LogP contribution in [0.25, 0.3) is 0 Å². The van der Waals surface area contributed by atoms with Crippen LogP contribution >= 0.6 is 0 Å². The molecule has 0 spiro atoms. The van der Waals surface area contributed by atoms with Gasteiger partial charge >= 0.3 is 0 Å². The number of amides is 2. The fourth-order valence-corrected chi connectivity index (χ4v) is 3.18. The van der Waals surface area contributed by atoms with Crippen molar-refractivity contribution in [2.24, 2.45) is 0 Å². The van der Waals surface area contributed by atoms with Gasteiger partial charge in [0.2, 0.25) is 5.91 Å². The van der Waals surface area contributed by atoms with Gasteiger partial charge in [-0.1, -0.05) is 5.16 Å². The maximum Gasteiger partial charge on any atom is 0.289 e. The minimum absolute atomic E-state index is 0.0239. The van der Waals surface area contributed by atoms with Crippen molar-refractivity contribution in [1.29, 1.82) is 0 Å². The van der Waals surface area contributed by atoms with Gasteiger partial charge in [0.15, 0.2) is 5.76 Å². The van der Waals surface area contributed by atoms with Gasteiger partial charge in [0.05, 0.1) is 12.0 Å². The second-order valence-electron chi connectivity index (χ2n) is 6.41. The van der Waals surface area contributed by atoms with E-state index in [0.717, 1.165) is 29.9 Å². The predicted molar refractivity (Wildman–Crippen MR) is 90.1 cm³/mol. The molecule has 3 rings (SSSR count). The molecule has 0 saturated carbocycles. The Morgan fingerprint density at radius 2 is 2.08 bits per heavy atom. The van der Waals surface area contributed by atoms with Crippen molar-refractivity contribution in [3.05, 3.63) is 41.2 Å². The topological polar surface area (TPSA) is 88.6 Å². The van der Waals surface area contributed by atoms with Gasteiger partial charge in [0.25, 0.3) is 5.91 Å². The Morgan fingerprint density at radius 1 is 1.32 bits per heavy atom. The highest BCUT2D eigenvalue weighted by molar-refractivity contribution is 5.91. The summed E-state index contributed by atoms with van der Waals surface area (Å²) < 4.78 is 10.3. The van der Waals surface area contributed by atoms with Gasteiger partial charge in [-0.2, -0.15) is 0 Å². The number of carbonyl (C=O) groups is 2. The van der Waals surface area contributed by atoms with Gasteiger partial charge in [-0.15, -0.1) is 0 Å². The smallest absolute Gasteiger partial charge is 0.289 e. The number of aryl methyl sites for hydroxylation is 2. The third kappa shape index (κ3) is 4.10. The molecule has 1 N–H and O–H groups in total. The summed E-state index contributed by atoms with van der Waals surface area (Å²) in [6, 6.07) is 3.49. The number of nitrogens with zero attached hydrogens (tertiary/aromatic N) is 2. The minimum Gasteiger partial charge on any atom is -0.459 e. The van der Waals surface area contributed by atoms with E-state index < -0.39 is 0 Å². The lowest BCUT2D eigenvalue weighted by Gasteiger charge is -2.31. The molecule has 0 unspecified atom stereocenters. The number of furan rings is 1. The molecule has 0 radical (unpaired) electrons. The number of piperidine rings is 1. The Hall–Kier alpha value is -2.57. The van der Waals surface area contributed by atoms with Gasteiger partial charge in [0, 0.05) is 31.1 Å². The van der Waals surface area contributed by atoms with E-state index in [1.54, 1.807) is 17.0 Å². The van der Waals surface area contributed by atoms with Crippen molar-refractivity contribution in [2.75, 3.05) is 13.1 Å². The largest absolute Gasteiger partial charge is 0.459 e. The summed E-state index contributed by atoms with van der Waals surface area (Å²) in [6.07, 6.45) is 4.05. The number of hydrogen-bond acceptors (Lipinski definition) is 5. The van der Waals surface area contributed by atoms with Crippen LogP contribution in [-0.2, 0) is 11.2 Å². The Balaban J connectivity index is 1.43. The first-order valence-corrected chi connectivity index (χ1v) is 8.58. The van der Waals surface area contributed by atoms with E-state index in [-0.39, 0.29) is 17.9 Å². The molecule has 1 fully saturated rings. The third-order valence-electron chi connectivity index (χ3n) is 4.66. The van der Waals surface area contributed by atoms with Crippen LogP contribution in [0.3, 0.4) is 0 Å². The van der Waals surface area contributed by atoms with Crippen LogP contribution in [-0.4, -0.2) is 41.0 Å². The molecule has 1 aliphatic heterocycles. The number of aromatic nitrogens is 1. The normalized spacial score (nSPS) is 15.4. The summed E-state index contributed by atoms with van der Waals surface area (Å²) in [5, 5.41) is 6.97. The van der Waals surface area contributed by atoms with Crippen LogP contribution in [0.15, 0.2) is 27.3 Å². The van der Waals surface area contributed by atoms with Crippen molar-refractivity contribution in [2.45, 2.75) is 45.6 Å². The Bertz CT molecular complexity index is 708. The van der Waals surface area contributed by atoms with Crippen LogP contribution in [0.5, 0.6) is 0 Å². The van der Waals surface area contributed by atoms with Crippen LogP contribution in [0.2, 0.25) is 0 Å². The third-order valence-corrected chi connectivity index (χ3v) is 4.66. The molecule has 0 atom stereocenters. The van der Waals surface area contributed by atoms with E-state index >= 15 is 0 Å². The number of nitrogens with one attached hydrogen (secondary N) is 1. The molecule has 1 saturated heterocycles. The van der Waals surface area contributed by atoms with Gasteiger partial charge in [-0.05, 0) is 45.2 Å². The van der Waals surface area contributed by atoms with Crippen molar-refractivity contribution >= 4 is 11.8 Å². The summed E-state index contributed by atoms with van der Waals surface area (Å²) in [6.45, 7) is 4.98. The van der Waals surface area contributed by atoms with Crippen LogP contribution in [0.4, 0.5) is 0 Å². The number of rotatable bonds is 5. The first-order valence-electron chi connectivity index (χ1n) is 8.58. The lowest BCUT2D eigenvalue weighted by Crippen LogP contribution is -2.46. The molecule has 2 aromatic rings. The summed E-state index contributed by atoms with van der Waals surface area (Å²) in [7, 11) is 0. The van der Waals surface area contributed by atoms with Crippen molar-refractivity contribution in [3.63, 3.8) is 0 Å². The first-order chi connectivity index (χ1) is 12.0. The fourth-order valence-electron chi connectivity index (χ4n) is 3.18. The molecule has 0 aliphatic carbocycles. The summed E-state index contributed by atoms with van der Waals surface area (Å²) in [5.41, 5.74) is 1.85. The monoisotopic (exact) mass is 345 g/mol. The second kappa shape index (κ2) is 7.55. The fraction of sp³-hybridized carbons (Fsp3) is 0.500. The Labute approximate surface area is 146 Å². The molecular weight excluding hydrogens is 322 g/mol. The standard InChI is InChI=1S/C18H23N3O4/c1-12-15(13(2)25-20-12)5-6-17(22)19-14-7-9-21(10-8-14)18(23)16-4-3-11-24-16/h3-4,11,14H,5-10H2,1-2H3,(H,19,22). The molecule has 25 heavy (non-hydrogen) atoms. The SMILES string of the molecule is Cc1noc(C)c1CCC(=O)NC1CCN(C(=O)c2ccco2)CC1. The highest BCUT2D eigenvalue weighted by Gasteiger charge is 2.25. The number of likely N-dealkylation sites (tertiary alicyclic amines) is 1. The average molecular weight is 345 g/mol. The zero-order valence-corrected chi connectivity index (χ0v) is 14.6. The highest BCUT2D eigenvalue weighted by Crippen LogP contribution is 2.16. The predicted octanol–water partition coefficient (Wildman–Crippen LogP) is 2.24. The van der Waals surface area contributed by atoms with Crippen molar-refractivity contribution < 1.29 is 18.5 Å². The van der Waals surface area contributed by atoms with Crippen molar-refractivity contribution in [3.8, 4) is 0 Å². The van der Waals surface area contributed by atoms with Gasteiger partial charge < -0.3 is 19.2 Å². The zero-order valence-electron chi connectivity index (χ0n) is 14.6. The van der Waals surface area contributed by atoms with Gasteiger partial charge in [-0.3, -0.25) is 9.59 Å². The van der Waals surface area contributed by atoms with Crippen LogP contribution in [0.1, 0.15) is 46.8 Å². The zero-order chi connectivity index (χ0) is 17.8. The Morgan fingerprint density at radius 3 is 2.68 bits per heavy atom. The molecule has 2 amide bonds. The maximum absolute atomic E-state index is 12.2. The molecule has 7 heteroatoms. The lowest BCUT2D eigenvalue weighted by atomic mass is 10.0. The summed E-state index contributed by atoms with van der Waals surface area (Å²) >= 11 is 0. The van der Waals surface area contributed by atoms with E-state index in [9.17, 15) is 9.59 Å². The van der Waals surface area contributed by atoms with E-state index in [0.29, 0.717) is 31.7 Å². The van der Waals surface area contributed by atoms with E-state index in [1.165, 1.54) is 6.26 Å². The second-order valence-corrected chi connectivity index (χ2v) is 6.41.